The Balaban J connectivity index is 1.90. The van der Waals surface area contributed by atoms with Crippen LogP contribution in [0, 0.1) is 0 Å². The van der Waals surface area contributed by atoms with Gasteiger partial charge in [0.15, 0.2) is 4.32 Å². The standard InChI is InChI=1S/C20H18N2O4S2/c1-12(23)21-14-4-6-15(7-5-14)22-19(24)18(28-20(22)27)11-13-10-16(25-2)8-9-17(13)26-3/h4-11H,1-3H3,(H,21,23)/b18-11-. The molecule has 1 fully saturated rings. The lowest BCUT2D eigenvalue weighted by Gasteiger charge is -2.15. The number of nitrogens with one attached hydrogen (secondary N) is 1. The first-order chi connectivity index (χ1) is 13.4. The van der Waals surface area contributed by atoms with E-state index in [0.717, 1.165) is 5.56 Å². The van der Waals surface area contributed by atoms with Crippen molar-refractivity contribution < 1.29 is 19.1 Å². The molecule has 0 atom stereocenters. The van der Waals surface area contributed by atoms with Crippen LogP contribution in [0.15, 0.2) is 47.4 Å². The monoisotopic (exact) mass is 414 g/mol. The lowest BCUT2D eigenvalue weighted by molar-refractivity contribution is -0.114. The number of hydrogen-bond acceptors (Lipinski definition) is 6. The molecule has 0 aliphatic carbocycles. The minimum absolute atomic E-state index is 0.159. The first-order valence-electron chi connectivity index (χ1n) is 8.30. The minimum Gasteiger partial charge on any atom is -0.497 e. The summed E-state index contributed by atoms with van der Waals surface area (Å²) < 4.78 is 11.1. The van der Waals surface area contributed by atoms with Crippen LogP contribution in [0.5, 0.6) is 11.5 Å². The van der Waals surface area contributed by atoms with Gasteiger partial charge in [0.1, 0.15) is 11.5 Å². The van der Waals surface area contributed by atoms with E-state index in [1.807, 2.05) is 0 Å². The maximum absolute atomic E-state index is 12.9. The van der Waals surface area contributed by atoms with Crippen LogP contribution in [0.2, 0.25) is 0 Å². The Morgan fingerprint density at radius 1 is 1.14 bits per heavy atom. The molecule has 144 valence electrons. The summed E-state index contributed by atoms with van der Waals surface area (Å²) in [6.07, 6.45) is 1.74. The smallest absolute Gasteiger partial charge is 0.270 e. The van der Waals surface area contributed by atoms with Crippen molar-refractivity contribution in [1.82, 2.24) is 0 Å². The zero-order chi connectivity index (χ0) is 20.3. The summed E-state index contributed by atoms with van der Waals surface area (Å²) in [5.41, 5.74) is 2.01. The number of anilines is 2. The molecule has 1 heterocycles. The lowest BCUT2D eigenvalue weighted by atomic mass is 10.1. The molecule has 2 aromatic carbocycles. The van der Waals surface area contributed by atoms with Crippen molar-refractivity contribution >= 4 is 57.6 Å². The molecular weight excluding hydrogens is 396 g/mol. The van der Waals surface area contributed by atoms with Gasteiger partial charge in [0, 0.05) is 18.2 Å². The highest BCUT2D eigenvalue weighted by Crippen LogP contribution is 2.38. The Bertz CT molecular complexity index is 971. The van der Waals surface area contributed by atoms with E-state index in [9.17, 15) is 9.59 Å². The van der Waals surface area contributed by atoms with Crippen LogP contribution in [0.4, 0.5) is 11.4 Å². The molecule has 6 nitrogen and oxygen atoms in total. The highest BCUT2D eigenvalue weighted by Gasteiger charge is 2.33. The van der Waals surface area contributed by atoms with Gasteiger partial charge in [-0.1, -0.05) is 24.0 Å². The first-order valence-corrected chi connectivity index (χ1v) is 9.53. The summed E-state index contributed by atoms with van der Waals surface area (Å²) in [7, 11) is 3.15. The molecule has 0 spiro atoms. The number of amides is 2. The van der Waals surface area contributed by atoms with E-state index in [2.05, 4.69) is 5.32 Å². The Labute approximate surface area is 172 Å². The summed E-state index contributed by atoms with van der Waals surface area (Å²) >= 11 is 6.63. The zero-order valence-corrected chi connectivity index (χ0v) is 17.1. The first kappa shape index (κ1) is 19.9. The summed E-state index contributed by atoms with van der Waals surface area (Å²) in [6.45, 7) is 1.44. The summed E-state index contributed by atoms with van der Waals surface area (Å²) in [4.78, 5) is 26.0. The number of ether oxygens (including phenoxy) is 2. The van der Waals surface area contributed by atoms with Crippen LogP contribution in [0.1, 0.15) is 12.5 Å². The highest BCUT2D eigenvalue weighted by molar-refractivity contribution is 8.27. The van der Waals surface area contributed by atoms with Gasteiger partial charge in [-0.3, -0.25) is 14.5 Å². The molecule has 0 aromatic heterocycles. The van der Waals surface area contributed by atoms with Gasteiger partial charge in [-0.15, -0.1) is 0 Å². The fourth-order valence-corrected chi connectivity index (χ4v) is 3.97. The molecule has 2 aromatic rings. The number of carbonyl (C=O) groups excluding carboxylic acids is 2. The third kappa shape index (κ3) is 4.18. The number of thioether (sulfide) groups is 1. The van der Waals surface area contributed by atoms with Crippen molar-refractivity contribution in [2.24, 2.45) is 0 Å². The molecule has 1 N–H and O–H groups in total. The second-order valence-corrected chi connectivity index (χ2v) is 7.53. The van der Waals surface area contributed by atoms with Crippen molar-refractivity contribution in [3.63, 3.8) is 0 Å². The van der Waals surface area contributed by atoms with Crippen molar-refractivity contribution in [2.75, 3.05) is 24.4 Å². The fraction of sp³-hybridized carbons (Fsp3) is 0.150. The van der Waals surface area contributed by atoms with Crippen LogP contribution < -0.4 is 19.7 Å². The van der Waals surface area contributed by atoms with Crippen LogP contribution in [-0.2, 0) is 9.59 Å². The maximum atomic E-state index is 12.9. The number of benzene rings is 2. The van der Waals surface area contributed by atoms with E-state index in [1.54, 1.807) is 62.8 Å². The molecular formula is C20H18N2O4S2. The molecule has 0 saturated carbocycles. The van der Waals surface area contributed by atoms with E-state index >= 15 is 0 Å². The Kier molecular flexibility index (Phi) is 6.01. The minimum atomic E-state index is -0.216. The summed E-state index contributed by atoms with van der Waals surface area (Å²) in [6, 6.07) is 12.3. The Morgan fingerprint density at radius 2 is 1.86 bits per heavy atom. The molecule has 1 aliphatic heterocycles. The average Bonchev–Trinajstić information content (AvgIpc) is 2.95. The summed E-state index contributed by atoms with van der Waals surface area (Å²) in [5, 5.41) is 2.69. The lowest BCUT2D eigenvalue weighted by Crippen LogP contribution is -2.27. The number of thiocarbonyl (C=S) groups is 1. The quantitative estimate of drug-likeness (QED) is 0.588. The number of nitrogens with zero attached hydrogens (tertiary/aromatic N) is 1. The molecule has 0 unspecified atom stereocenters. The van der Waals surface area contributed by atoms with Crippen LogP contribution >= 0.6 is 24.0 Å². The molecule has 2 amide bonds. The molecule has 28 heavy (non-hydrogen) atoms. The van der Waals surface area contributed by atoms with E-state index in [4.69, 9.17) is 21.7 Å². The topological polar surface area (TPSA) is 67.9 Å². The van der Waals surface area contributed by atoms with Crippen molar-refractivity contribution in [1.29, 1.82) is 0 Å². The molecule has 0 bridgehead atoms. The number of rotatable bonds is 5. The van der Waals surface area contributed by atoms with Gasteiger partial charge in [-0.2, -0.15) is 0 Å². The zero-order valence-electron chi connectivity index (χ0n) is 15.5. The van der Waals surface area contributed by atoms with Gasteiger partial charge in [-0.25, -0.2) is 0 Å². The van der Waals surface area contributed by atoms with Crippen molar-refractivity contribution in [3.05, 3.63) is 52.9 Å². The highest BCUT2D eigenvalue weighted by atomic mass is 32.2. The third-order valence-electron chi connectivity index (χ3n) is 3.96. The number of hydrogen-bond donors (Lipinski definition) is 1. The Morgan fingerprint density at radius 3 is 2.46 bits per heavy atom. The van der Waals surface area contributed by atoms with E-state index < -0.39 is 0 Å². The van der Waals surface area contributed by atoms with Gasteiger partial charge >= 0.3 is 0 Å². The van der Waals surface area contributed by atoms with E-state index in [1.165, 1.54) is 23.6 Å². The van der Waals surface area contributed by atoms with Gasteiger partial charge < -0.3 is 14.8 Å². The molecule has 1 saturated heterocycles. The van der Waals surface area contributed by atoms with E-state index in [0.29, 0.717) is 32.1 Å². The number of methoxy groups -OCH3 is 2. The van der Waals surface area contributed by atoms with Crippen LogP contribution in [0.25, 0.3) is 6.08 Å². The fourth-order valence-electron chi connectivity index (χ4n) is 2.68. The second kappa shape index (κ2) is 8.45. The SMILES string of the molecule is COc1ccc(OC)c(/C=C2\SC(=S)N(c3ccc(NC(C)=O)cc3)C2=O)c1. The molecule has 1 aliphatic rings. The predicted molar refractivity (Wildman–Crippen MR) is 116 cm³/mol. The van der Waals surface area contributed by atoms with Gasteiger partial charge in [0.25, 0.3) is 5.91 Å². The van der Waals surface area contributed by atoms with Gasteiger partial charge in [0.05, 0.1) is 24.8 Å². The predicted octanol–water partition coefficient (Wildman–Crippen LogP) is 4.07. The molecule has 8 heteroatoms. The largest absolute Gasteiger partial charge is 0.497 e. The second-order valence-electron chi connectivity index (χ2n) is 5.85. The molecule has 3 rings (SSSR count). The normalized spacial score (nSPS) is 15.1. The third-order valence-corrected chi connectivity index (χ3v) is 5.27. The van der Waals surface area contributed by atoms with Gasteiger partial charge in [0.2, 0.25) is 5.91 Å². The molecule has 0 radical (unpaired) electrons. The van der Waals surface area contributed by atoms with Crippen LogP contribution in [-0.4, -0.2) is 30.4 Å². The van der Waals surface area contributed by atoms with Gasteiger partial charge in [-0.05, 0) is 48.5 Å². The van der Waals surface area contributed by atoms with E-state index in [-0.39, 0.29) is 11.8 Å². The summed E-state index contributed by atoms with van der Waals surface area (Å²) in [5.74, 6) is 0.919. The maximum Gasteiger partial charge on any atom is 0.270 e. The number of carbonyl (C=O) groups is 2. The van der Waals surface area contributed by atoms with Crippen LogP contribution in [0.3, 0.4) is 0 Å². The van der Waals surface area contributed by atoms with Crippen molar-refractivity contribution in [3.8, 4) is 11.5 Å². The van der Waals surface area contributed by atoms with Crippen molar-refractivity contribution in [2.45, 2.75) is 6.92 Å². The average molecular weight is 415 g/mol. The Hall–Kier alpha value is -2.84.